The molecule has 0 bridgehead atoms. The Morgan fingerprint density at radius 2 is 1.68 bits per heavy atom. The Morgan fingerprint density at radius 1 is 0.842 bits per heavy atom. The Kier molecular flexibility index (Phi) is 4.96. The van der Waals surface area contributed by atoms with E-state index in [0.29, 0.717) is 11.6 Å². The fraction of sp³-hybridized carbons (Fsp3) is 0.0667. The highest BCUT2D eigenvalue weighted by molar-refractivity contribution is 8.00. The van der Waals surface area contributed by atoms with E-state index in [1.165, 1.54) is 10.1 Å². The van der Waals surface area contributed by atoms with E-state index in [2.05, 4.69) is 65.6 Å². The van der Waals surface area contributed by atoms with E-state index >= 15 is 0 Å². The van der Waals surface area contributed by atoms with Gasteiger partial charge >= 0.3 is 0 Å². The number of aromatic nitrogens is 5. The summed E-state index contributed by atoms with van der Waals surface area (Å²) in [6.07, 6.45) is 1.70. The third-order valence-electron chi connectivity index (χ3n) is 6.88. The van der Waals surface area contributed by atoms with Crippen LogP contribution >= 0.6 is 23.1 Å². The summed E-state index contributed by atoms with van der Waals surface area (Å²) >= 11 is 3.35. The number of fused-ring (bicyclic) bond motifs is 7. The monoisotopic (exact) mass is 529 g/mol. The Labute approximate surface area is 226 Å². The number of hydrogen-bond acceptors (Lipinski definition) is 7. The molecule has 8 rings (SSSR count). The van der Waals surface area contributed by atoms with Gasteiger partial charge in [-0.1, -0.05) is 84.6 Å². The van der Waals surface area contributed by atoms with Crippen LogP contribution < -0.4 is 4.74 Å². The average Bonchev–Trinajstić information content (AvgIpc) is 3.59. The molecule has 0 spiro atoms. The second kappa shape index (κ2) is 8.65. The Morgan fingerprint density at radius 3 is 2.61 bits per heavy atom. The summed E-state index contributed by atoms with van der Waals surface area (Å²) in [5.74, 6) is 2.67. The van der Waals surface area contributed by atoms with Crippen molar-refractivity contribution in [1.29, 1.82) is 0 Å². The highest BCUT2D eigenvalue weighted by Crippen LogP contribution is 2.50. The van der Waals surface area contributed by atoms with Gasteiger partial charge in [-0.05, 0) is 34.5 Å². The van der Waals surface area contributed by atoms with Crippen LogP contribution in [0, 0.1) is 0 Å². The fourth-order valence-corrected chi connectivity index (χ4v) is 7.14. The maximum Gasteiger partial charge on any atom is 0.228 e. The van der Waals surface area contributed by atoms with Gasteiger partial charge < -0.3 is 4.74 Å². The molecule has 0 aliphatic carbocycles. The molecule has 0 amide bonds. The summed E-state index contributed by atoms with van der Waals surface area (Å²) in [6.45, 7) is 0. The molecule has 1 aliphatic heterocycles. The molecule has 0 unspecified atom stereocenters. The van der Waals surface area contributed by atoms with Crippen LogP contribution in [0.4, 0.5) is 0 Å². The van der Waals surface area contributed by atoms with E-state index in [1.807, 2.05) is 30.3 Å². The summed E-state index contributed by atoms with van der Waals surface area (Å²) in [7, 11) is 0. The maximum absolute atomic E-state index is 6.41. The number of para-hydroxylation sites is 1. The molecule has 0 radical (unpaired) electrons. The van der Waals surface area contributed by atoms with Gasteiger partial charge in [-0.25, -0.2) is 19.5 Å². The van der Waals surface area contributed by atoms with Crippen LogP contribution in [0.25, 0.3) is 26.6 Å². The van der Waals surface area contributed by atoms with Crippen LogP contribution in [0.1, 0.15) is 28.4 Å². The molecular weight excluding hydrogens is 510 g/mol. The first kappa shape index (κ1) is 21.8. The largest absolute Gasteiger partial charge is 0.438 e. The molecular formula is C30H19N5OS2. The lowest BCUT2D eigenvalue weighted by Crippen LogP contribution is -2.15. The first-order valence-corrected chi connectivity index (χ1v) is 14.1. The lowest BCUT2D eigenvalue weighted by molar-refractivity contribution is 0.433. The molecule has 38 heavy (non-hydrogen) atoms. The first-order valence-electron chi connectivity index (χ1n) is 12.3. The zero-order valence-electron chi connectivity index (χ0n) is 20.0. The minimum atomic E-state index is -0.0915. The predicted octanol–water partition coefficient (Wildman–Crippen LogP) is 7.47. The Bertz CT molecular complexity index is 1950. The van der Waals surface area contributed by atoms with Crippen molar-refractivity contribution in [1.82, 2.24) is 24.6 Å². The number of thiazole rings is 1. The minimum absolute atomic E-state index is 0.0915. The van der Waals surface area contributed by atoms with Crippen LogP contribution in [0.2, 0.25) is 0 Å². The molecule has 0 saturated heterocycles. The molecule has 4 heterocycles. The van der Waals surface area contributed by atoms with Crippen molar-refractivity contribution in [3.05, 3.63) is 120 Å². The molecule has 4 aromatic carbocycles. The zero-order chi connectivity index (χ0) is 25.1. The zero-order valence-corrected chi connectivity index (χ0v) is 21.6. The number of thioether (sulfide) groups is 1. The van der Waals surface area contributed by atoms with Crippen molar-refractivity contribution in [3.63, 3.8) is 0 Å². The van der Waals surface area contributed by atoms with Crippen molar-refractivity contribution in [3.8, 4) is 11.6 Å². The predicted molar refractivity (Wildman–Crippen MR) is 151 cm³/mol. The van der Waals surface area contributed by atoms with Crippen molar-refractivity contribution >= 4 is 49.7 Å². The quantitative estimate of drug-likeness (QED) is 0.220. The third-order valence-corrected chi connectivity index (χ3v) is 9.05. The first-order chi connectivity index (χ1) is 18.8. The fourth-order valence-electron chi connectivity index (χ4n) is 5.23. The lowest BCUT2D eigenvalue weighted by atomic mass is 9.81. The summed E-state index contributed by atoms with van der Waals surface area (Å²) in [5, 5.41) is 7.12. The highest BCUT2D eigenvalue weighted by atomic mass is 32.2. The van der Waals surface area contributed by atoms with Gasteiger partial charge in [-0.2, -0.15) is 0 Å². The lowest BCUT2D eigenvalue weighted by Gasteiger charge is -2.29. The van der Waals surface area contributed by atoms with Gasteiger partial charge in [0.25, 0.3) is 0 Å². The van der Waals surface area contributed by atoms with E-state index in [4.69, 9.17) is 19.8 Å². The number of nitrogens with zero attached hydrogens (tertiary/aromatic N) is 5. The molecule has 6 nitrogen and oxygen atoms in total. The molecule has 182 valence electrons. The Balaban J connectivity index is 1.26. The molecule has 8 heteroatoms. The number of ether oxygens (including phenoxy) is 1. The molecule has 0 saturated carbocycles. The summed E-state index contributed by atoms with van der Waals surface area (Å²) in [5.41, 5.74) is 5.02. The van der Waals surface area contributed by atoms with Gasteiger partial charge in [-0.3, -0.25) is 0 Å². The number of hydrogen-bond donors (Lipinski definition) is 0. The normalized spacial score (nSPS) is 14.5. The Hall–Kier alpha value is -4.27. The van der Waals surface area contributed by atoms with Crippen molar-refractivity contribution < 1.29 is 4.74 Å². The molecule has 7 aromatic rings. The van der Waals surface area contributed by atoms with E-state index < -0.39 is 0 Å². The summed E-state index contributed by atoms with van der Waals surface area (Å²) < 4.78 is 10.4. The van der Waals surface area contributed by atoms with Gasteiger partial charge in [0, 0.05) is 11.5 Å². The summed E-state index contributed by atoms with van der Waals surface area (Å²) in [6, 6.07) is 31.3. The molecule has 0 fully saturated rings. The van der Waals surface area contributed by atoms with E-state index in [-0.39, 0.29) is 5.92 Å². The second-order valence-electron chi connectivity index (χ2n) is 9.14. The molecule has 1 aliphatic rings. The highest BCUT2D eigenvalue weighted by Gasteiger charge is 2.34. The molecule has 3 aromatic heterocycles. The third kappa shape index (κ3) is 3.48. The molecule has 1 atom stereocenters. The van der Waals surface area contributed by atoms with E-state index in [1.54, 1.807) is 33.9 Å². The van der Waals surface area contributed by atoms with Crippen molar-refractivity contribution in [2.24, 2.45) is 0 Å². The van der Waals surface area contributed by atoms with Crippen molar-refractivity contribution in [2.45, 2.75) is 16.0 Å². The average molecular weight is 530 g/mol. The van der Waals surface area contributed by atoms with E-state index in [0.717, 1.165) is 49.2 Å². The maximum atomic E-state index is 6.41. The van der Waals surface area contributed by atoms with Gasteiger partial charge in [0.15, 0.2) is 15.8 Å². The standard InChI is InChI=1S/C30H19N5OS2/c1-2-9-19(10-3-1)25-26-20-11-5-4-8-18(20)14-15-22(26)36-29-27(25)28-33-24(34-35(28)17-31-29)16-37-30-32-21-12-6-7-13-23(21)38-30/h1-15,17,25H,16H2/t25-/m1/s1. The smallest absolute Gasteiger partial charge is 0.228 e. The SMILES string of the molecule is c1ccc([C@@H]2c3c(ccc4ccccc34)Oc3ncn4nc(CSc5nc6ccccc6s5)nc4c32)cc1. The number of rotatable bonds is 4. The second-order valence-corrected chi connectivity index (χ2v) is 11.4. The van der Waals surface area contributed by atoms with Crippen LogP contribution in [0.5, 0.6) is 11.6 Å². The van der Waals surface area contributed by atoms with Gasteiger partial charge in [0.1, 0.15) is 12.1 Å². The van der Waals surface area contributed by atoms with Crippen LogP contribution in [0.15, 0.2) is 102 Å². The van der Waals surface area contributed by atoms with Crippen LogP contribution in [0.3, 0.4) is 0 Å². The van der Waals surface area contributed by atoms with Crippen LogP contribution in [-0.4, -0.2) is 24.6 Å². The van der Waals surface area contributed by atoms with Gasteiger partial charge in [0.2, 0.25) is 5.88 Å². The van der Waals surface area contributed by atoms with Crippen molar-refractivity contribution in [2.75, 3.05) is 0 Å². The minimum Gasteiger partial charge on any atom is -0.438 e. The molecule has 0 N–H and O–H groups in total. The topological polar surface area (TPSA) is 65.2 Å². The van der Waals surface area contributed by atoms with Crippen LogP contribution in [-0.2, 0) is 5.75 Å². The van der Waals surface area contributed by atoms with Gasteiger partial charge in [-0.15, -0.1) is 16.4 Å². The van der Waals surface area contributed by atoms with E-state index in [9.17, 15) is 0 Å². The number of benzene rings is 4. The summed E-state index contributed by atoms with van der Waals surface area (Å²) in [4.78, 5) is 14.4. The van der Waals surface area contributed by atoms with Gasteiger partial charge in [0.05, 0.1) is 21.5 Å².